The van der Waals surface area contributed by atoms with Crippen LogP contribution in [0.15, 0.2) is 29.2 Å². The van der Waals surface area contributed by atoms with E-state index in [1.807, 2.05) is 0 Å². The minimum absolute atomic E-state index is 0.112. The zero-order valence-electron chi connectivity index (χ0n) is 12.1. The van der Waals surface area contributed by atoms with Crippen molar-refractivity contribution in [2.75, 3.05) is 20.2 Å². The van der Waals surface area contributed by atoms with E-state index in [2.05, 4.69) is 13.8 Å². The van der Waals surface area contributed by atoms with Gasteiger partial charge in [-0.05, 0) is 24.0 Å². The fourth-order valence-corrected chi connectivity index (χ4v) is 4.36. The van der Waals surface area contributed by atoms with Gasteiger partial charge in [-0.25, -0.2) is 8.42 Å². The molecule has 112 valence electrons. The Hall–Kier alpha value is -1.11. The molecule has 2 N–H and O–H groups in total. The van der Waals surface area contributed by atoms with Crippen molar-refractivity contribution in [1.29, 1.82) is 0 Å². The molecule has 2 atom stereocenters. The van der Waals surface area contributed by atoms with Crippen molar-refractivity contribution in [3.63, 3.8) is 0 Å². The molecule has 0 saturated carbocycles. The summed E-state index contributed by atoms with van der Waals surface area (Å²) in [5, 5.41) is 0. The highest BCUT2D eigenvalue weighted by Crippen LogP contribution is 2.31. The van der Waals surface area contributed by atoms with Crippen LogP contribution in [0.5, 0.6) is 5.75 Å². The van der Waals surface area contributed by atoms with Crippen LogP contribution in [0.1, 0.15) is 13.8 Å². The zero-order chi connectivity index (χ0) is 14.9. The van der Waals surface area contributed by atoms with E-state index in [-0.39, 0.29) is 16.9 Å². The monoisotopic (exact) mass is 298 g/mol. The van der Waals surface area contributed by atoms with Crippen LogP contribution in [0.4, 0.5) is 0 Å². The number of rotatable bonds is 4. The average molecular weight is 298 g/mol. The maximum Gasteiger partial charge on any atom is 0.246 e. The molecule has 0 amide bonds. The second-order valence-electron chi connectivity index (χ2n) is 5.54. The average Bonchev–Trinajstić information content (AvgIpc) is 2.81. The Balaban J connectivity index is 2.33. The van der Waals surface area contributed by atoms with Gasteiger partial charge < -0.3 is 10.5 Å². The Labute approximate surface area is 120 Å². The van der Waals surface area contributed by atoms with Crippen molar-refractivity contribution in [2.45, 2.75) is 24.8 Å². The van der Waals surface area contributed by atoms with E-state index in [1.165, 1.54) is 11.4 Å². The Morgan fingerprint density at radius 1 is 1.30 bits per heavy atom. The molecule has 1 fully saturated rings. The van der Waals surface area contributed by atoms with Gasteiger partial charge in [-0.3, -0.25) is 0 Å². The number of benzene rings is 1. The Morgan fingerprint density at radius 2 is 1.95 bits per heavy atom. The molecule has 2 rings (SSSR count). The molecule has 1 aliphatic rings. The van der Waals surface area contributed by atoms with Crippen molar-refractivity contribution in [2.24, 2.45) is 17.6 Å². The van der Waals surface area contributed by atoms with Crippen LogP contribution in [0.25, 0.3) is 0 Å². The lowest BCUT2D eigenvalue weighted by atomic mass is 9.92. The van der Waals surface area contributed by atoms with E-state index in [0.29, 0.717) is 24.8 Å². The third kappa shape index (κ3) is 2.68. The standard InChI is InChI=1S/C14H22N2O3S/c1-10(2)11-8-16(9-12(11)15)20(17,18)14-7-5-4-6-13(14)19-3/h4-7,10-12H,8-9,15H2,1-3H3/t11-,12+/m1/s1. The van der Waals surface area contributed by atoms with E-state index in [0.717, 1.165) is 0 Å². The quantitative estimate of drug-likeness (QED) is 0.909. The predicted molar refractivity (Wildman–Crippen MR) is 78.1 cm³/mol. The summed E-state index contributed by atoms with van der Waals surface area (Å²) >= 11 is 0. The van der Waals surface area contributed by atoms with E-state index in [9.17, 15) is 8.42 Å². The van der Waals surface area contributed by atoms with Gasteiger partial charge in [-0.1, -0.05) is 26.0 Å². The number of ether oxygens (including phenoxy) is 1. The van der Waals surface area contributed by atoms with E-state index < -0.39 is 10.0 Å². The molecule has 0 bridgehead atoms. The Bertz CT molecular complexity index is 572. The molecule has 0 spiro atoms. The minimum atomic E-state index is -3.55. The summed E-state index contributed by atoms with van der Waals surface area (Å²) in [7, 11) is -2.08. The lowest BCUT2D eigenvalue weighted by molar-refractivity contribution is 0.366. The van der Waals surface area contributed by atoms with Crippen molar-refractivity contribution in [3.05, 3.63) is 24.3 Å². The van der Waals surface area contributed by atoms with E-state index in [4.69, 9.17) is 10.5 Å². The molecule has 0 unspecified atom stereocenters. The first-order valence-electron chi connectivity index (χ1n) is 6.76. The van der Waals surface area contributed by atoms with Crippen LogP contribution in [-0.2, 0) is 10.0 Å². The molecule has 0 aromatic heterocycles. The first kappa shape index (κ1) is 15.3. The fraction of sp³-hybridized carbons (Fsp3) is 0.571. The molecule has 20 heavy (non-hydrogen) atoms. The highest BCUT2D eigenvalue weighted by atomic mass is 32.2. The molecule has 1 aromatic carbocycles. The third-order valence-corrected chi connectivity index (χ3v) is 5.79. The highest BCUT2D eigenvalue weighted by molar-refractivity contribution is 7.89. The number of nitrogens with two attached hydrogens (primary N) is 1. The summed E-state index contributed by atoms with van der Waals surface area (Å²) in [5.74, 6) is 0.927. The van der Waals surface area contributed by atoms with Crippen LogP contribution >= 0.6 is 0 Å². The van der Waals surface area contributed by atoms with E-state index in [1.54, 1.807) is 24.3 Å². The van der Waals surface area contributed by atoms with Gasteiger partial charge in [-0.2, -0.15) is 4.31 Å². The highest BCUT2D eigenvalue weighted by Gasteiger charge is 2.39. The second-order valence-corrected chi connectivity index (χ2v) is 7.45. The molecule has 1 aliphatic heterocycles. The van der Waals surface area contributed by atoms with Crippen molar-refractivity contribution >= 4 is 10.0 Å². The molecule has 5 nitrogen and oxygen atoms in total. The van der Waals surface area contributed by atoms with Gasteiger partial charge in [0.05, 0.1) is 7.11 Å². The third-order valence-electron chi connectivity index (χ3n) is 3.92. The first-order chi connectivity index (χ1) is 9.37. The minimum Gasteiger partial charge on any atom is -0.495 e. The molecule has 0 aliphatic carbocycles. The predicted octanol–water partition coefficient (Wildman–Crippen LogP) is 1.30. The maximum absolute atomic E-state index is 12.7. The summed E-state index contributed by atoms with van der Waals surface area (Å²) < 4.78 is 32.1. The van der Waals surface area contributed by atoms with Crippen LogP contribution in [0.3, 0.4) is 0 Å². The first-order valence-corrected chi connectivity index (χ1v) is 8.20. The number of methoxy groups -OCH3 is 1. The van der Waals surface area contributed by atoms with Gasteiger partial charge >= 0.3 is 0 Å². The summed E-state index contributed by atoms with van der Waals surface area (Å²) in [6.07, 6.45) is 0. The van der Waals surface area contributed by atoms with Gasteiger partial charge in [0.15, 0.2) is 0 Å². The summed E-state index contributed by atoms with van der Waals surface area (Å²) in [4.78, 5) is 0.208. The summed E-state index contributed by atoms with van der Waals surface area (Å²) in [5.41, 5.74) is 6.08. The molecular formula is C14H22N2O3S. The molecule has 0 radical (unpaired) electrons. The van der Waals surface area contributed by atoms with Crippen molar-refractivity contribution < 1.29 is 13.2 Å². The number of sulfonamides is 1. The molecular weight excluding hydrogens is 276 g/mol. The number of hydrogen-bond acceptors (Lipinski definition) is 4. The number of hydrogen-bond donors (Lipinski definition) is 1. The zero-order valence-corrected chi connectivity index (χ0v) is 12.9. The second kappa shape index (κ2) is 5.71. The molecule has 1 saturated heterocycles. The summed E-state index contributed by atoms with van der Waals surface area (Å²) in [6.45, 7) is 4.98. The van der Waals surface area contributed by atoms with Gasteiger partial charge in [0.1, 0.15) is 10.6 Å². The smallest absolute Gasteiger partial charge is 0.246 e. The molecule has 6 heteroatoms. The normalized spacial score (nSPS) is 24.2. The SMILES string of the molecule is COc1ccccc1S(=O)(=O)N1C[C@H](C(C)C)[C@@H](N)C1. The Morgan fingerprint density at radius 3 is 2.50 bits per heavy atom. The van der Waals surface area contributed by atoms with Crippen LogP contribution in [-0.4, -0.2) is 39.0 Å². The molecule has 1 heterocycles. The lowest BCUT2D eigenvalue weighted by Gasteiger charge is -2.19. The van der Waals surface area contributed by atoms with Crippen LogP contribution < -0.4 is 10.5 Å². The van der Waals surface area contributed by atoms with Gasteiger partial charge in [-0.15, -0.1) is 0 Å². The van der Waals surface area contributed by atoms with Crippen molar-refractivity contribution in [3.8, 4) is 5.75 Å². The maximum atomic E-state index is 12.7. The number of nitrogens with zero attached hydrogens (tertiary/aromatic N) is 1. The van der Waals surface area contributed by atoms with Gasteiger partial charge in [0.25, 0.3) is 0 Å². The van der Waals surface area contributed by atoms with Gasteiger partial charge in [0, 0.05) is 19.1 Å². The number of para-hydroxylation sites is 1. The summed E-state index contributed by atoms with van der Waals surface area (Å²) in [6, 6.07) is 6.57. The lowest BCUT2D eigenvalue weighted by Crippen LogP contribution is -2.33. The van der Waals surface area contributed by atoms with Crippen molar-refractivity contribution in [1.82, 2.24) is 4.31 Å². The largest absolute Gasteiger partial charge is 0.495 e. The van der Waals surface area contributed by atoms with Crippen LogP contribution in [0, 0.1) is 11.8 Å². The van der Waals surface area contributed by atoms with Crippen LogP contribution in [0.2, 0.25) is 0 Å². The topological polar surface area (TPSA) is 72.6 Å². The molecule has 1 aromatic rings. The van der Waals surface area contributed by atoms with E-state index >= 15 is 0 Å². The van der Waals surface area contributed by atoms with Gasteiger partial charge in [0.2, 0.25) is 10.0 Å². The fourth-order valence-electron chi connectivity index (χ4n) is 2.69. The Kier molecular flexibility index (Phi) is 4.36.